The molecule has 0 aromatic heterocycles. The summed E-state index contributed by atoms with van der Waals surface area (Å²) in [5.74, 6) is -1.07. The maximum absolute atomic E-state index is 10.5. The molecular formula is C6H14N4O2. The van der Waals surface area contributed by atoms with E-state index < -0.39 is 12.0 Å². The van der Waals surface area contributed by atoms with Gasteiger partial charge in [-0.05, 0) is 0 Å². The first-order chi connectivity index (χ1) is 5.61. The fourth-order valence-electron chi connectivity index (χ4n) is 1.16. The molecular weight excluding hydrogens is 160 g/mol. The Kier molecular flexibility index (Phi) is 2.99. The summed E-state index contributed by atoms with van der Waals surface area (Å²) in [4.78, 5) is 10.5. The highest BCUT2D eigenvalue weighted by molar-refractivity contribution is 5.73. The van der Waals surface area contributed by atoms with Crippen LogP contribution in [-0.4, -0.2) is 36.5 Å². The van der Waals surface area contributed by atoms with Crippen molar-refractivity contribution in [1.82, 2.24) is 10.6 Å². The number of rotatable bonds is 2. The van der Waals surface area contributed by atoms with Crippen LogP contribution in [0.3, 0.4) is 0 Å². The zero-order chi connectivity index (χ0) is 9.14. The van der Waals surface area contributed by atoms with Gasteiger partial charge in [-0.15, -0.1) is 0 Å². The summed E-state index contributed by atoms with van der Waals surface area (Å²) < 4.78 is 0. The molecule has 7 N–H and O–H groups in total. The molecule has 1 aliphatic heterocycles. The zero-order valence-corrected chi connectivity index (χ0v) is 6.66. The predicted octanol–water partition coefficient (Wildman–Crippen LogP) is -2.55. The van der Waals surface area contributed by atoms with Gasteiger partial charge in [-0.2, -0.15) is 0 Å². The van der Waals surface area contributed by atoms with Gasteiger partial charge in [-0.25, -0.2) is 0 Å². The van der Waals surface area contributed by atoms with Gasteiger partial charge < -0.3 is 16.6 Å². The normalized spacial score (nSPS) is 32.8. The van der Waals surface area contributed by atoms with E-state index in [4.69, 9.17) is 16.6 Å². The Morgan fingerprint density at radius 2 is 2.00 bits per heavy atom. The lowest BCUT2D eigenvalue weighted by Gasteiger charge is -2.30. The summed E-state index contributed by atoms with van der Waals surface area (Å²) >= 11 is 0. The molecule has 1 heterocycles. The van der Waals surface area contributed by atoms with E-state index in [2.05, 4.69) is 10.6 Å². The van der Waals surface area contributed by atoms with Gasteiger partial charge in [0.2, 0.25) is 0 Å². The van der Waals surface area contributed by atoms with Crippen LogP contribution in [0.2, 0.25) is 0 Å². The Morgan fingerprint density at radius 1 is 1.50 bits per heavy atom. The molecule has 0 aromatic rings. The monoisotopic (exact) mass is 174 g/mol. The average Bonchev–Trinajstić information content (AvgIpc) is 2.04. The summed E-state index contributed by atoms with van der Waals surface area (Å²) in [6.45, 7) is 1.09. The third kappa shape index (κ3) is 2.15. The van der Waals surface area contributed by atoms with Crippen LogP contribution >= 0.6 is 0 Å². The van der Waals surface area contributed by atoms with Gasteiger partial charge in [0, 0.05) is 19.0 Å². The van der Waals surface area contributed by atoms with Crippen LogP contribution in [0.15, 0.2) is 0 Å². The third-order valence-corrected chi connectivity index (χ3v) is 1.99. The van der Waals surface area contributed by atoms with Gasteiger partial charge >= 0.3 is 5.97 Å². The summed E-state index contributed by atoms with van der Waals surface area (Å²) in [5.41, 5.74) is 10.9. The highest BCUT2D eigenvalue weighted by Gasteiger charge is 2.27. The van der Waals surface area contributed by atoms with E-state index in [1.54, 1.807) is 0 Å². The first-order valence-electron chi connectivity index (χ1n) is 3.82. The minimum Gasteiger partial charge on any atom is -0.480 e. The summed E-state index contributed by atoms with van der Waals surface area (Å²) in [6.07, 6.45) is -0.248. The van der Waals surface area contributed by atoms with Crippen molar-refractivity contribution in [3.63, 3.8) is 0 Å². The number of carboxylic acids is 1. The number of hydrogen-bond donors (Lipinski definition) is 5. The molecule has 1 fully saturated rings. The summed E-state index contributed by atoms with van der Waals surface area (Å²) in [6, 6.07) is -0.822. The Bertz CT molecular complexity index is 167. The van der Waals surface area contributed by atoms with Gasteiger partial charge in [-0.1, -0.05) is 0 Å². The minimum atomic E-state index is -0.973. The fraction of sp³-hybridized carbons (Fsp3) is 0.833. The average molecular weight is 174 g/mol. The third-order valence-electron chi connectivity index (χ3n) is 1.99. The van der Waals surface area contributed by atoms with E-state index in [0.717, 1.165) is 0 Å². The van der Waals surface area contributed by atoms with Crippen molar-refractivity contribution in [2.75, 3.05) is 13.1 Å². The van der Waals surface area contributed by atoms with Crippen molar-refractivity contribution in [2.24, 2.45) is 17.4 Å². The number of aliphatic carboxylic acids is 1. The zero-order valence-electron chi connectivity index (χ0n) is 6.66. The standard InChI is InChI=1S/C6H14N4O2/c7-4(5(11)12)3-1-9-6(8)10-2-3/h3-4,6,9-10H,1-2,7-8H2,(H,11,12). The molecule has 0 amide bonds. The van der Waals surface area contributed by atoms with Crippen molar-refractivity contribution in [2.45, 2.75) is 12.3 Å². The van der Waals surface area contributed by atoms with Gasteiger partial charge in [-0.3, -0.25) is 15.4 Å². The molecule has 12 heavy (non-hydrogen) atoms. The number of carbonyl (C=O) groups is 1. The number of hydrogen-bond acceptors (Lipinski definition) is 5. The molecule has 0 aromatic carbocycles. The molecule has 0 aliphatic carbocycles. The molecule has 0 spiro atoms. The predicted molar refractivity (Wildman–Crippen MR) is 43.1 cm³/mol. The van der Waals surface area contributed by atoms with Crippen LogP contribution in [0.5, 0.6) is 0 Å². The van der Waals surface area contributed by atoms with Gasteiger partial charge in [0.05, 0.1) is 0 Å². The van der Waals surface area contributed by atoms with E-state index in [9.17, 15) is 4.79 Å². The summed E-state index contributed by atoms with van der Waals surface area (Å²) in [5, 5.41) is 14.4. The van der Waals surface area contributed by atoms with E-state index in [1.807, 2.05) is 0 Å². The van der Waals surface area contributed by atoms with Gasteiger partial charge in [0.25, 0.3) is 0 Å². The van der Waals surface area contributed by atoms with Crippen molar-refractivity contribution in [3.05, 3.63) is 0 Å². The van der Waals surface area contributed by atoms with E-state index >= 15 is 0 Å². The van der Waals surface area contributed by atoms with Gasteiger partial charge in [0.1, 0.15) is 12.3 Å². The maximum atomic E-state index is 10.5. The molecule has 1 saturated heterocycles. The molecule has 1 unspecified atom stereocenters. The molecule has 0 bridgehead atoms. The Balaban J connectivity index is 2.39. The lowest BCUT2D eigenvalue weighted by Crippen LogP contribution is -2.61. The van der Waals surface area contributed by atoms with Gasteiger partial charge in [0.15, 0.2) is 0 Å². The first-order valence-corrected chi connectivity index (χ1v) is 3.82. The number of nitrogens with one attached hydrogen (secondary N) is 2. The maximum Gasteiger partial charge on any atom is 0.320 e. The highest BCUT2D eigenvalue weighted by atomic mass is 16.4. The SMILES string of the molecule is NC1NCC(C(N)C(=O)O)CN1. The second-order valence-corrected chi connectivity index (χ2v) is 2.92. The van der Waals surface area contributed by atoms with Crippen molar-refractivity contribution >= 4 is 5.97 Å². The quantitative estimate of drug-likeness (QED) is 0.315. The largest absolute Gasteiger partial charge is 0.480 e. The van der Waals surface area contributed by atoms with Crippen molar-refractivity contribution in [3.8, 4) is 0 Å². The molecule has 1 atom stereocenters. The van der Waals surface area contributed by atoms with Crippen LogP contribution < -0.4 is 22.1 Å². The second-order valence-electron chi connectivity index (χ2n) is 2.92. The first kappa shape index (κ1) is 9.40. The van der Waals surface area contributed by atoms with Crippen LogP contribution in [0, 0.1) is 5.92 Å². The van der Waals surface area contributed by atoms with Crippen LogP contribution in [0.25, 0.3) is 0 Å². The number of carboxylic acid groups (broad SMARTS) is 1. The minimum absolute atomic E-state index is 0.0951. The Hall–Kier alpha value is -0.690. The molecule has 70 valence electrons. The smallest absolute Gasteiger partial charge is 0.320 e. The topological polar surface area (TPSA) is 113 Å². The van der Waals surface area contributed by atoms with E-state index in [0.29, 0.717) is 13.1 Å². The number of nitrogens with two attached hydrogens (primary N) is 2. The Labute approximate surface area is 70.3 Å². The Morgan fingerprint density at radius 3 is 2.42 bits per heavy atom. The molecule has 0 saturated carbocycles. The van der Waals surface area contributed by atoms with E-state index in [-0.39, 0.29) is 12.2 Å². The molecule has 6 heteroatoms. The van der Waals surface area contributed by atoms with Crippen molar-refractivity contribution < 1.29 is 9.90 Å². The molecule has 1 aliphatic rings. The molecule has 0 radical (unpaired) electrons. The van der Waals surface area contributed by atoms with E-state index in [1.165, 1.54) is 0 Å². The second kappa shape index (κ2) is 3.81. The van der Waals surface area contributed by atoms with Crippen molar-refractivity contribution in [1.29, 1.82) is 0 Å². The molecule has 1 rings (SSSR count). The summed E-state index contributed by atoms with van der Waals surface area (Å²) in [7, 11) is 0. The highest BCUT2D eigenvalue weighted by Crippen LogP contribution is 2.02. The molecule has 6 nitrogen and oxygen atoms in total. The van der Waals surface area contributed by atoms with Crippen LogP contribution in [0.1, 0.15) is 0 Å². The lowest BCUT2D eigenvalue weighted by atomic mass is 9.99. The fourth-order valence-corrected chi connectivity index (χ4v) is 1.16. The van der Waals surface area contributed by atoms with Crippen LogP contribution in [-0.2, 0) is 4.79 Å². The lowest BCUT2D eigenvalue weighted by molar-refractivity contribution is -0.140. The van der Waals surface area contributed by atoms with Crippen LogP contribution in [0.4, 0.5) is 0 Å².